The van der Waals surface area contributed by atoms with Crippen molar-refractivity contribution in [1.82, 2.24) is 4.90 Å². The molecule has 0 saturated carbocycles. The average molecular weight is 291 g/mol. The zero-order chi connectivity index (χ0) is 15.9. The van der Waals surface area contributed by atoms with Crippen LogP contribution in [-0.2, 0) is 16.1 Å². The summed E-state index contributed by atoms with van der Waals surface area (Å²) in [6.45, 7) is 12.7. The van der Waals surface area contributed by atoms with Crippen LogP contribution in [0.5, 0.6) is 0 Å². The van der Waals surface area contributed by atoms with Crippen molar-refractivity contribution in [1.29, 1.82) is 0 Å². The molecule has 0 saturated heterocycles. The minimum Gasteiger partial charge on any atom is -0.460 e. The summed E-state index contributed by atoms with van der Waals surface area (Å²) < 4.78 is 5.38. The Labute approximate surface area is 129 Å². The molecular weight excluding hydrogens is 262 g/mol. The first-order valence-electron chi connectivity index (χ1n) is 7.74. The summed E-state index contributed by atoms with van der Waals surface area (Å²) in [5, 5.41) is 0. The van der Waals surface area contributed by atoms with Crippen molar-refractivity contribution < 1.29 is 9.53 Å². The molecule has 0 aliphatic heterocycles. The van der Waals surface area contributed by atoms with Crippen LogP contribution in [0.1, 0.15) is 46.6 Å². The van der Waals surface area contributed by atoms with Gasteiger partial charge in [0.2, 0.25) is 0 Å². The van der Waals surface area contributed by atoms with Gasteiger partial charge in [0.15, 0.2) is 0 Å². The highest BCUT2D eigenvalue weighted by atomic mass is 16.6. The standard InChI is InChI=1S/C18H29NO2/c1-15(2)13-19(14-16-9-7-6-8-10-16)12-11-17(20)21-18(3,4)5/h6-10,15H,11-14H2,1-5H3. The molecular formula is C18H29NO2. The molecule has 1 aromatic carbocycles. The van der Waals surface area contributed by atoms with Crippen LogP contribution in [-0.4, -0.2) is 29.6 Å². The predicted molar refractivity (Wildman–Crippen MR) is 87.0 cm³/mol. The molecule has 0 N–H and O–H groups in total. The SMILES string of the molecule is CC(C)CN(CCC(=O)OC(C)(C)C)Cc1ccccc1. The number of rotatable bonds is 7. The van der Waals surface area contributed by atoms with Gasteiger partial charge in [-0.2, -0.15) is 0 Å². The molecule has 21 heavy (non-hydrogen) atoms. The van der Waals surface area contributed by atoms with Crippen molar-refractivity contribution >= 4 is 5.97 Å². The largest absolute Gasteiger partial charge is 0.460 e. The molecule has 1 rings (SSSR count). The Morgan fingerprint density at radius 1 is 1.19 bits per heavy atom. The number of ether oxygens (including phenoxy) is 1. The van der Waals surface area contributed by atoms with Gasteiger partial charge in [0.25, 0.3) is 0 Å². The fourth-order valence-electron chi connectivity index (χ4n) is 2.23. The van der Waals surface area contributed by atoms with E-state index in [4.69, 9.17) is 4.74 Å². The lowest BCUT2D eigenvalue weighted by atomic mass is 10.1. The van der Waals surface area contributed by atoms with Gasteiger partial charge in [0, 0.05) is 19.6 Å². The second-order valence-electron chi connectivity index (χ2n) is 6.95. The molecule has 0 aliphatic carbocycles. The Balaban J connectivity index is 2.52. The fraction of sp³-hybridized carbons (Fsp3) is 0.611. The Hall–Kier alpha value is -1.35. The Kier molecular flexibility index (Phi) is 6.90. The average Bonchev–Trinajstić information content (AvgIpc) is 2.34. The van der Waals surface area contributed by atoms with Gasteiger partial charge >= 0.3 is 5.97 Å². The van der Waals surface area contributed by atoms with E-state index >= 15 is 0 Å². The molecule has 0 amide bonds. The van der Waals surface area contributed by atoms with E-state index in [0.29, 0.717) is 12.3 Å². The lowest BCUT2D eigenvalue weighted by molar-refractivity contribution is -0.155. The monoisotopic (exact) mass is 291 g/mol. The number of hydrogen-bond acceptors (Lipinski definition) is 3. The van der Waals surface area contributed by atoms with Gasteiger partial charge in [-0.15, -0.1) is 0 Å². The summed E-state index contributed by atoms with van der Waals surface area (Å²) >= 11 is 0. The van der Waals surface area contributed by atoms with Crippen molar-refractivity contribution in [3.05, 3.63) is 35.9 Å². The van der Waals surface area contributed by atoms with Crippen LogP contribution in [0.3, 0.4) is 0 Å². The number of benzene rings is 1. The predicted octanol–water partition coefficient (Wildman–Crippen LogP) is 3.88. The third kappa shape index (κ3) is 8.51. The summed E-state index contributed by atoms with van der Waals surface area (Å²) in [6.07, 6.45) is 0.441. The van der Waals surface area contributed by atoms with Crippen molar-refractivity contribution in [3.63, 3.8) is 0 Å². The van der Waals surface area contributed by atoms with Gasteiger partial charge in [0.05, 0.1) is 6.42 Å². The first kappa shape index (κ1) is 17.7. The molecule has 3 heteroatoms. The third-order valence-corrected chi connectivity index (χ3v) is 2.92. The maximum absolute atomic E-state index is 11.9. The quantitative estimate of drug-likeness (QED) is 0.714. The molecule has 0 atom stereocenters. The van der Waals surface area contributed by atoms with Crippen LogP contribution >= 0.6 is 0 Å². The molecule has 0 bridgehead atoms. The summed E-state index contributed by atoms with van der Waals surface area (Å²) in [7, 11) is 0. The summed E-state index contributed by atoms with van der Waals surface area (Å²) in [4.78, 5) is 14.2. The van der Waals surface area contributed by atoms with Crippen LogP contribution in [0.25, 0.3) is 0 Å². The molecule has 0 aromatic heterocycles. The maximum Gasteiger partial charge on any atom is 0.307 e. The molecule has 0 fully saturated rings. The van der Waals surface area contributed by atoms with Crippen molar-refractivity contribution in [2.45, 2.75) is 53.2 Å². The topological polar surface area (TPSA) is 29.5 Å². The highest BCUT2D eigenvalue weighted by Crippen LogP contribution is 2.11. The Morgan fingerprint density at radius 3 is 2.33 bits per heavy atom. The van der Waals surface area contributed by atoms with Gasteiger partial charge in [-0.1, -0.05) is 44.2 Å². The van der Waals surface area contributed by atoms with Gasteiger partial charge in [-0.3, -0.25) is 9.69 Å². The Morgan fingerprint density at radius 2 is 1.81 bits per heavy atom. The van der Waals surface area contributed by atoms with Gasteiger partial charge in [-0.05, 0) is 32.3 Å². The normalized spacial score (nSPS) is 12.0. The van der Waals surface area contributed by atoms with Gasteiger partial charge in [-0.25, -0.2) is 0 Å². The molecule has 0 unspecified atom stereocenters. The van der Waals surface area contributed by atoms with E-state index in [0.717, 1.165) is 19.6 Å². The molecule has 0 spiro atoms. The van der Waals surface area contributed by atoms with E-state index in [9.17, 15) is 4.79 Å². The second kappa shape index (κ2) is 8.18. The molecule has 1 aromatic rings. The van der Waals surface area contributed by atoms with Crippen LogP contribution in [0.2, 0.25) is 0 Å². The van der Waals surface area contributed by atoms with E-state index in [1.165, 1.54) is 5.56 Å². The summed E-state index contributed by atoms with van der Waals surface area (Å²) in [6, 6.07) is 10.4. The lowest BCUT2D eigenvalue weighted by Gasteiger charge is -2.25. The van der Waals surface area contributed by atoms with Gasteiger partial charge < -0.3 is 4.74 Å². The first-order valence-corrected chi connectivity index (χ1v) is 7.74. The first-order chi connectivity index (χ1) is 9.76. The van der Waals surface area contributed by atoms with Crippen LogP contribution < -0.4 is 0 Å². The maximum atomic E-state index is 11.9. The van der Waals surface area contributed by atoms with E-state index in [2.05, 4.69) is 43.0 Å². The molecule has 3 nitrogen and oxygen atoms in total. The second-order valence-corrected chi connectivity index (χ2v) is 6.95. The molecule has 118 valence electrons. The van der Waals surface area contributed by atoms with Crippen LogP contribution in [0.4, 0.5) is 0 Å². The van der Waals surface area contributed by atoms with Crippen molar-refractivity contribution in [3.8, 4) is 0 Å². The molecule has 0 heterocycles. The molecule has 0 aliphatic rings. The highest BCUT2D eigenvalue weighted by Gasteiger charge is 2.17. The fourth-order valence-corrected chi connectivity index (χ4v) is 2.23. The summed E-state index contributed by atoms with van der Waals surface area (Å²) in [5.41, 5.74) is 0.877. The van der Waals surface area contributed by atoms with Crippen LogP contribution in [0.15, 0.2) is 30.3 Å². The third-order valence-electron chi connectivity index (χ3n) is 2.92. The highest BCUT2D eigenvalue weighted by molar-refractivity contribution is 5.70. The van der Waals surface area contributed by atoms with E-state index in [-0.39, 0.29) is 5.97 Å². The number of hydrogen-bond donors (Lipinski definition) is 0. The number of carbonyl (C=O) groups is 1. The smallest absolute Gasteiger partial charge is 0.307 e. The number of nitrogens with zero attached hydrogens (tertiary/aromatic N) is 1. The van der Waals surface area contributed by atoms with Crippen LogP contribution in [0, 0.1) is 5.92 Å². The molecule has 0 radical (unpaired) electrons. The van der Waals surface area contributed by atoms with E-state index < -0.39 is 5.60 Å². The Bertz CT molecular complexity index is 421. The number of carbonyl (C=O) groups excluding carboxylic acids is 1. The minimum absolute atomic E-state index is 0.121. The van der Waals surface area contributed by atoms with Crippen molar-refractivity contribution in [2.75, 3.05) is 13.1 Å². The number of esters is 1. The van der Waals surface area contributed by atoms with Gasteiger partial charge in [0.1, 0.15) is 5.60 Å². The van der Waals surface area contributed by atoms with Crippen molar-refractivity contribution in [2.24, 2.45) is 5.92 Å². The van der Waals surface area contributed by atoms with E-state index in [1.54, 1.807) is 0 Å². The zero-order valence-electron chi connectivity index (χ0n) is 14.1. The summed E-state index contributed by atoms with van der Waals surface area (Å²) in [5.74, 6) is 0.455. The minimum atomic E-state index is -0.403. The zero-order valence-corrected chi connectivity index (χ0v) is 14.1. The lowest BCUT2D eigenvalue weighted by Crippen LogP contribution is -2.31. The van der Waals surface area contributed by atoms with E-state index in [1.807, 2.05) is 26.8 Å².